The van der Waals surface area contributed by atoms with Gasteiger partial charge in [0.25, 0.3) is 0 Å². The summed E-state index contributed by atoms with van der Waals surface area (Å²) in [7, 11) is 0. The number of aromatic nitrogens is 3. The molecule has 0 saturated heterocycles. The number of nitrogens with zero attached hydrogens (tertiary/aromatic N) is 4. The zero-order chi connectivity index (χ0) is 14.1. The molecule has 0 bridgehead atoms. The molecule has 2 heterocycles. The van der Waals surface area contributed by atoms with Crippen LogP contribution in [0.25, 0.3) is 5.69 Å². The van der Waals surface area contributed by atoms with Crippen molar-refractivity contribution < 1.29 is 0 Å². The van der Waals surface area contributed by atoms with Gasteiger partial charge in [0, 0.05) is 18.2 Å². The maximum absolute atomic E-state index is 4.43. The molecule has 0 aliphatic carbocycles. The van der Waals surface area contributed by atoms with Gasteiger partial charge in [0.05, 0.1) is 12.2 Å². The monoisotopic (exact) mass is 274 g/mol. The van der Waals surface area contributed by atoms with E-state index in [1.54, 1.807) is 0 Å². The molecule has 0 radical (unpaired) electrons. The van der Waals surface area contributed by atoms with Gasteiger partial charge in [-0.1, -0.05) is 48.5 Å². The number of para-hydroxylation sites is 1. The molecule has 3 aromatic rings. The van der Waals surface area contributed by atoms with Crippen molar-refractivity contribution in [1.29, 1.82) is 0 Å². The molecule has 0 spiro atoms. The van der Waals surface area contributed by atoms with Gasteiger partial charge in [-0.3, -0.25) is 9.56 Å². The van der Waals surface area contributed by atoms with Gasteiger partial charge in [0.2, 0.25) is 0 Å². The van der Waals surface area contributed by atoms with Crippen molar-refractivity contribution >= 4 is 6.21 Å². The second-order valence-corrected chi connectivity index (χ2v) is 5.06. The summed E-state index contributed by atoms with van der Waals surface area (Å²) in [6.07, 6.45) is 2.68. The van der Waals surface area contributed by atoms with Crippen molar-refractivity contribution in [3.05, 3.63) is 77.4 Å². The number of hydrogen-bond donors (Lipinski definition) is 0. The molecule has 0 fully saturated rings. The van der Waals surface area contributed by atoms with Crippen molar-refractivity contribution in [2.24, 2.45) is 4.99 Å². The molecule has 102 valence electrons. The quantitative estimate of drug-likeness (QED) is 0.721. The summed E-state index contributed by atoms with van der Waals surface area (Å²) in [5.41, 5.74) is 3.44. The van der Waals surface area contributed by atoms with Gasteiger partial charge in [-0.25, -0.2) is 0 Å². The summed E-state index contributed by atoms with van der Waals surface area (Å²) in [4.78, 5) is 4.43. The van der Waals surface area contributed by atoms with Gasteiger partial charge in [-0.2, -0.15) is 0 Å². The van der Waals surface area contributed by atoms with E-state index in [9.17, 15) is 0 Å². The fraction of sp³-hybridized carbons (Fsp3) is 0.118. The SMILES string of the molecule is C1=NCc2nnc(Cc3ccccc3)n2-c2ccccc21. The zero-order valence-corrected chi connectivity index (χ0v) is 11.5. The van der Waals surface area contributed by atoms with Gasteiger partial charge >= 0.3 is 0 Å². The molecular weight excluding hydrogens is 260 g/mol. The van der Waals surface area contributed by atoms with E-state index in [0.29, 0.717) is 6.54 Å². The van der Waals surface area contributed by atoms with Crippen LogP contribution < -0.4 is 0 Å². The van der Waals surface area contributed by atoms with Crippen LogP contribution in [0.15, 0.2) is 59.6 Å². The Morgan fingerprint density at radius 3 is 2.62 bits per heavy atom. The van der Waals surface area contributed by atoms with Crippen LogP contribution in [-0.4, -0.2) is 21.0 Å². The first-order chi connectivity index (χ1) is 10.4. The van der Waals surface area contributed by atoms with E-state index in [1.165, 1.54) is 5.56 Å². The Morgan fingerprint density at radius 1 is 0.905 bits per heavy atom. The van der Waals surface area contributed by atoms with Crippen LogP contribution in [0.2, 0.25) is 0 Å². The van der Waals surface area contributed by atoms with Crippen molar-refractivity contribution in [3.63, 3.8) is 0 Å². The van der Waals surface area contributed by atoms with Gasteiger partial charge in [0.1, 0.15) is 5.82 Å². The van der Waals surface area contributed by atoms with Crippen molar-refractivity contribution in [2.75, 3.05) is 0 Å². The van der Waals surface area contributed by atoms with Crippen LogP contribution >= 0.6 is 0 Å². The Labute approximate surface area is 122 Å². The van der Waals surface area contributed by atoms with Crippen LogP contribution in [0.1, 0.15) is 22.8 Å². The van der Waals surface area contributed by atoms with E-state index in [2.05, 4.69) is 44.0 Å². The summed E-state index contributed by atoms with van der Waals surface area (Å²) < 4.78 is 2.13. The third kappa shape index (κ3) is 2.14. The Kier molecular flexibility index (Phi) is 2.85. The van der Waals surface area contributed by atoms with Crippen LogP contribution in [-0.2, 0) is 13.0 Å². The summed E-state index contributed by atoms with van der Waals surface area (Å²) in [5.74, 6) is 1.84. The van der Waals surface area contributed by atoms with Gasteiger partial charge in [0.15, 0.2) is 5.82 Å². The van der Waals surface area contributed by atoms with Gasteiger partial charge in [-0.15, -0.1) is 10.2 Å². The minimum absolute atomic E-state index is 0.566. The third-order valence-corrected chi connectivity index (χ3v) is 3.64. The van der Waals surface area contributed by atoms with Crippen LogP contribution in [0.3, 0.4) is 0 Å². The molecule has 21 heavy (non-hydrogen) atoms. The van der Waals surface area contributed by atoms with E-state index in [4.69, 9.17) is 0 Å². The smallest absolute Gasteiger partial charge is 0.159 e. The molecule has 0 atom stereocenters. The molecule has 0 saturated carbocycles. The lowest BCUT2D eigenvalue weighted by molar-refractivity contribution is 0.849. The van der Waals surface area contributed by atoms with Crippen LogP contribution in [0.5, 0.6) is 0 Å². The second kappa shape index (κ2) is 4.98. The first-order valence-electron chi connectivity index (χ1n) is 6.98. The summed E-state index contributed by atoms with van der Waals surface area (Å²) in [6, 6.07) is 18.6. The first kappa shape index (κ1) is 12.0. The second-order valence-electron chi connectivity index (χ2n) is 5.06. The standard InChI is InChI=1S/C17H14N4/c1-2-6-13(7-3-1)10-16-19-20-17-12-18-11-14-8-4-5-9-15(14)21(16)17/h1-9,11H,10,12H2. The number of hydrogen-bond acceptors (Lipinski definition) is 3. The van der Waals surface area contributed by atoms with E-state index < -0.39 is 0 Å². The number of rotatable bonds is 2. The minimum Gasteiger partial charge on any atom is -0.284 e. The Balaban J connectivity index is 1.83. The van der Waals surface area contributed by atoms with Crippen molar-refractivity contribution in [1.82, 2.24) is 14.8 Å². The maximum Gasteiger partial charge on any atom is 0.159 e. The number of benzene rings is 2. The van der Waals surface area contributed by atoms with Crippen LogP contribution in [0.4, 0.5) is 0 Å². The summed E-state index contributed by atoms with van der Waals surface area (Å²) in [5, 5.41) is 8.68. The van der Waals surface area contributed by atoms with Gasteiger partial charge < -0.3 is 0 Å². The Hall–Kier alpha value is -2.75. The third-order valence-electron chi connectivity index (χ3n) is 3.64. The largest absolute Gasteiger partial charge is 0.284 e. The fourth-order valence-corrected chi connectivity index (χ4v) is 2.65. The molecule has 2 aromatic carbocycles. The molecular formula is C17H14N4. The fourth-order valence-electron chi connectivity index (χ4n) is 2.65. The van der Waals surface area contributed by atoms with Crippen molar-refractivity contribution in [2.45, 2.75) is 13.0 Å². The van der Waals surface area contributed by atoms with E-state index in [0.717, 1.165) is 29.3 Å². The summed E-state index contributed by atoms with van der Waals surface area (Å²) in [6.45, 7) is 0.566. The average Bonchev–Trinajstić information content (AvgIpc) is 2.82. The molecule has 4 rings (SSSR count). The Morgan fingerprint density at radius 2 is 1.71 bits per heavy atom. The van der Waals surface area contributed by atoms with E-state index in [-0.39, 0.29) is 0 Å². The molecule has 0 N–H and O–H groups in total. The molecule has 0 unspecified atom stereocenters. The topological polar surface area (TPSA) is 43.1 Å². The number of fused-ring (bicyclic) bond motifs is 3. The average molecular weight is 274 g/mol. The molecule has 4 nitrogen and oxygen atoms in total. The predicted molar refractivity (Wildman–Crippen MR) is 81.9 cm³/mol. The molecule has 0 amide bonds. The lowest BCUT2D eigenvalue weighted by atomic mass is 10.1. The van der Waals surface area contributed by atoms with E-state index >= 15 is 0 Å². The highest BCUT2D eigenvalue weighted by atomic mass is 15.3. The highest BCUT2D eigenvalue weighted by Crippen LogP contribution is 2.21. The highest BCUT2D eigenvalue weighted by Gasteiger charge is 2.17. The lowest BCUT2D eigenvalue weighted by Crippen LogP contribution is -2.06. The first-order valence-corrected chi connectivity index (χ1v) is 6.98. The van der Waals surface area contributed by atoms with Crippen molar-refractivity contribution in [3.8, 4) is 5.69 Å². The molecule has 4 heteroatoms. The van der Waals surface area contributed by atoms with Crippen LogP contribution in [0, 0.1) is 0 Å². The maximum atomic E-state index is 4.43. The summed E-state index contributed by atoms with van der Waals surface area (Å²) >= 11 is 0. The van der Waals surface area contributed by atoms with Gasteiger partial charge in [-0.05, 0) is 11.6 Å². The minimum atomic E-state index is 0.566. The molecule has 1 aromatic heterocycles. The number of aliphatic imine (C=N–C) groups is 1. The lowest BCUT2D eigenvalue weighted by Gasteiger charge is -2.10. The predicted octanol–water partition coefficient (Wildman–Crippen LogP) is 2.79. The zero-order valence-electron chi connectivity index (χ0n) is 11.5. The van der Waals surface area contributed by atoms with E-state index in [1.807, 2.05) is 36.5 Å². The Bertz CT molecular complexity index is 803. The normalized spacial score (nSPS) is 12.6. The molecule has 1 aliphatic rings. The molecule has 1 aliphatic heterocycles. The highest BCUT2D eigenvalue weighted by molar-refractivity contribution is 5.85.